The number of benzene rings is 2. The number of carbonyl (C=O) groups excluding carboxylic acids is 2. The van der Waals surface area contributed by atoms with E-state index in [1.54, 1.807) is 16.0 Å². The first kappa shape index (κ1) is 29.2. The first-order valence-electron chi connectivity index (χ1n) is 15.3. The van der Waals surface area contributed by atoms with Crippen molar-refractivity contribution in [2.75, 3.05) is 10.6 Å². The van der Waals surface area contributed by atoms with Gasteiger partial charge < -0.3 is 10.2 Å². The summed E-state index contributed by atoms with van der Waals surface area (Å²) in [5.74, 6) is 1.40. The van der Waals surface area contributed by atoms with Crippen LogP contribution in [0.5, 0.6) is 0 Å². The second-order valence-electron chi connectivity index (χ2n) is 13.2. The van der Waals surface area contributed by atoms with Crippen LogP contribution >= 0.6 is 11.3 Å². The Labute approximate surface area is 258 Å². The van der Waals surface area contributed by atoms with Crippen LogP contribution < -0.4 is 10.6 Å². The molecule has 6 rings (SSSR count). The highest BCUT2D eigenvalue weighted by Gasteiger charge is 2.43. The minimum absolute atomic E-state index is 0.159. The summed E-state index contributed by atoms with van der Waals surface area (Å²) in [7, 11) is 0. The summed E-state index contributed by atoms with van der Waals surface area (Å²) in [5, 5.41) is 10.8. The van der Waals surface area contributed by atoms with Gasteiger partial charge in [0.1, 0.15) is 5.82 Å². The van der Waals surface area contributed by atoms with Crippen molar-refractivity contribution < 1.29 is 9.59 Å². The van der Waals surface area contributed by atoms with E-state index in [0.717, 1.165) is 54.0 Å². The van der Waals surface area contributed by atoms with Crippen molar-refractivity contribution in [2.24, 2.45) is 5.92 Å². The van der Waals surface area contributed by atoms with Crippen molar-refractivity contribution in [3.63, 3.8) is 0 Å². The highest BCUT2D eigenvalue weighted by molar-refractivity contribution is 7.13. The number of nitrogens with zero attached hydrogens (tertiary/aromatic N) is 3. The lowest BCUT2D eigenvalue weighted by Crippen LogP contribution is -2.46. The van der Waals surface area contributed by atoms with Gasteiger partial charge in [-0.1, -0.05) is 50.6 Å². The monoisotopic (exact) mass is 595 g/mol. The van der Waals surface area contributed by atoms with E-state index in [1.807, 2.05) is 61.5 Å². The van der Waals surface area contributed by atoms with E-state index < -0.39 is 0 Å². The highest BCUT2D eigenvalue weighted by Crippen LogP contribution is 2.41. The molecule has 2 N–H and O–H groups in total. The molecule has 0 spiro atoms. The van der Waals surface area contributed by atoms with Gasteiger partial charge in [-0.2, -0.15) is 5.10 Å². The molecule has 2 saturated heterocycles. The number of fused-ring (bicyclic) bond motifs is 2. The molecule has 8 heteroatoms. The van der Waals surface area contributed by atoms with Crippen LogP contribution in [0.15, 0.2) is 66.7 Å². The fourth-order valence-electron chi connectivity index (χ4n) is 6.52. The van der Waals surface area contributed by atoms with E-state index in [9.17, 15) is 9.59 Å². The van der Waals surface area contributed by atoms with Crippen LogP contribution in [-0.2, 0) is 11.8 Å². The molecule has 0 saturated carbocycles. The van der Waals surface area contributed by atoms with Crippen LogP contribution in [0.4, 0.5) is 16.3 Å². The van der Waals surface area contributed by atoms with Crippen LogP contribution in [-0.4, -0.2) is 38.7 Å². The molecule has 7 nitrogen and oxygen atoms in total. The topological polar surface area (TPSA) is 79.3 Å². The number of thiophene rings is 1. The summed E-state index contributed by atoms with van der Waals surface area (Å²) in [6.07, 6.45) is 5.32. The fourth-order valence-corrected chi connectivity index (χ4v) is 7.33. The number of urea groups is 1. The summed E-state index contributed by atoms with van der Waals surface area (Å²) in [6, 6.07) is 22.6. The van der Waals surface area contributed by atoms with Gasteiger partial charge in [0.15, 0.2) is 0 Å². The molecule has 4 aromatic rings. The average Bonchev–Trinajstić information content (AvgIpc) is 3.66. The molecule has 2 aromatic carbocycles. The number of carbonyl (C=O) groups is 2. The van der Waals surface area contributed by atoms with Gasteiger partial charge in [-0.05, 0) is 93.8 Å². The Kier molecular flexibility index (Phi) is 7.90. The lowest BCUT2D eigenvalue weighted by Gasteiger charge is -2.39. The predicted molar refractivity (Wildman–Crippen MR) is 175 cm³/mol. The van der Waals surface area contributed by atoms with Crippen molar-refractivity contribution in [3.05, 3.63) is 93.3 Å². The Bertz CT molecular complexity index is 1600. The maximum absolute atomic E-state index is 13.2. The lowest BCUT2D eigenvalue weighted by atomic mass is 9.85. The predicted octanol–water partition coefficient (Wildman–Crippen LogP) is 8.12. The Morgan fingerprint density at radius 3 is 2.19 bits per heavy atom. The third-order valence-electron chi connectivity index (χ3n) is 8.75. The number of amides is 3. The molecule has 2 bridgehead atoms. The Morgan fingerprint density at radius 2 is 1.58 bits per heavy atom. The van der Waals surface area contributed by atoms with Crippen molar-refractivity contribution >= 4 is 34.8 Å². The molecule has 224 valence electrons. The summed E-state index contributed by atoms with van der Waals surface area (Å²) in [5.41, 5.74) is 4.80. The van der Waals surface area contributed by atoms with Gasteiger partial charge in [0.25, 0.3) is 5.91 Å². The van der Waals surface area contributed by atoms with Crippen molar-refractivity contribution in [1.82, 2.24) is 14.7 Å². The molecule has 2 fully saturated rings. The van der Waals surface area contributed by atoms with Gasteiger partial charge in [-0.25, -0.2) is 9.48 Å². The molecule has 43 heavy (non-hydrogen) atoms. The summed E-state index contributed by atoms with van der Waals surface area (Å²) in [4.78, 5) is 30.5. The van der Waals surface area contributed by atoms with Gasteiger partial charge in [0.2, 0.25) is 0 Å². The maximum Gasteiger partial charge on any atom is 0.324 e. The quantitative estimate of drug-likeness (QED) is 0.236. The van der Waals surface area contributed by atoms with Crippen molar-refractivity contribution in [3.8, 4) is 5.69 Å². The molecule has 2 aliphatic rings. The second kappa shape index (κ2) is 11.6. The van der Waals surface area contributed by atoms with Crippen LogP contribution in [0.3, 0.4) is 0 Å². The van der Waals surface area contributed by atoms with E-state index in [4.69, 9.17) is 5.10 Å². The molecule has 0 radical (unpaired) electrons. The Balaban J connectivity index is 1.07. The first-order valence-corrected chi connectivity index (χ1v) is 16.1. The standard InChI is InChI=1S/C35H41N5O2S/c1-22-6-13-27(14-7-22)40-32(21-31(38-40)35(3,4)5)37-34(42)36-26-11-9-24(10-12-26)18-25-19-28-15-16-29(20-25)39(28)33(41)30-17-8-23(2)43-30/h6-14,17,21,25,28-29H,15-16,18-20H2,1-5H3,(H2,36,37,42). The zero-order valence-electron chi connectivity index (χ0n) is 25.7. The molecule has 0 aliphatic carbocycles. The average molecular weight is 596 g/mol. The number of rotatable bonds is 6. The molecular formula is C35H41N5O2S. The normalized spacial score (nSPS) is 19.8. The zero-order chi connectivity index (χ0) is 30.3. The van der Waals surface area contributed by atoms with E-state index in [2.05, 4.69) is 55.4 Å². The number of hydrogen-bond acceptors (Lipinski definition) is 4. The second-order valence-corrected chi connectivity index (χ2v) is 14.5. The molecular weight excluding hydrogens is 554 g/mol. The summed E-state index contributed by atoms with van der Waals surface area (Å²) >= 11 is 1.60. The Hall–Kier alpha value is -3.91. The number of nitrogens with one attached hydrogen (secondary N) is 2. The molecule has 3 amide bonds. The van der Waals surface area contributed by atoms with Gasteiger partial charge in [-0.15, -0.1) is 11.3 Å². The number of piperidine rings is 1. The molecule has 2 unspecified atom stereocenters. The molecule has 2 atom stereocenters. The largest absolute Gasteiger partial charge is 0.332 e. The van der Waals surface area contributed by atoms with E-state index in [1.165, 1.54) is 16.0 Å². The molecule has 2 aromatic heterocycles. The van der Waals surface area contributed by atoms with Gasteiger partial charge in [0.05, 0.1) is 16.3 Å². The van der Waals surface area contributed by atoms with E-state index >= 15 is 0 Å². The van der Waals surface area contributed by atoms with Crippen molar-refractivity contribution in [2.45, 2.75) is 84.2 Å². The maximum atomic E-state index is 13.2. The highest BCUT2D eigenvalue weighted by atomic mass is 32.1. The van der Waals surface area contributed by atoms with Crippen LogP contribution in [0, 0.1) is 19.8 Å². The minimum Gasteiger partial charge on any atom is -0.332 e. The third-order valence-corrected chi connectivity index (χ3v) is 9.74. The minimum atomic E-state index is -0.309. The van der Waals surface area contributed by atoms with Crippen LogP contribution in [0.25, 0.3) is 5.69 Å². The van der Waals surface area contributed by atoms with Gasteiger partial charge in [0, 0.05) is 34.1 Å². The third kappa shape index (κ3) is 6.39. The summed E-state index contributed by atoms with van der Waals surface area (Å²) in [6.45, 7) is 10.4. The number of anilines is 2. The lowest BCUT2D eigenvalue weighted by molar-refractivity contribution is 0.0529. The van der Waals surface area contributed by atoms with Crippen LogP contribution in [0.2, 0.25) is 0 Å². The van der Waals surface area contributed by atoms with Crippen molar-refractivity contribution in [1.29, 1.82) is 0 Å². The van der Waals surface area contributed by atoms with Gasteiger partial charge >= 0.3 is 6.03 Å². The van der Waals surface area contributed by atoms with E-state index in [-0.39, 0.29) is 17.4 Å². The SMILES string of the molecule is Cc1ccc(-n2nc(C(C)(C)C)cc2NC(=O)Nc2ccc(CC3CC4CCC(C3)N4C(=O)c3ccc(C)s3)cc2)cc1. The smallest absolute Gasteiger partial charge is 0.324 e. The fraction of sp³-hybridized carbons (Fsp3) is 0.400. The van der Waals surface area contributed by atoms with Gasteiger partial charge in [-0.3, -0.25) is 10.1 Å². The number of aromatic nitrogens is 2. The molecule has 2 aliphatic heterocycles. The zero-order valence-corrected chi connectivity index (χ0v) is 26.5. The summed E-state index contributed by atoms with van der Waals surface area (Å²) < 4.78 is 1.79. The number of hydrogen-bond donors (Lipinski definition) is 2. The van der Waals surface area contributed by atoms with Crippen LogP contribution in [0.1, 0.15) is 77.8 Å². The first-order chi connectivity index (χ1) is 20.5. The number of aryl methyl sites for hydroxylation is 2. The van der Waals surface area contributed by atoms with E-state index in [0.29, 0.717) is 23.8 Å². The Morgan fingerprint density at radius 1 is 0.907 bits per heavy atom. The molecule has 4 heterocycles.